The molecule has 0 unspecified atom stereocenters. The van der Waals surface area contributed by atoms with Crippen LogP contribution in [0.15, 0.2) is 42.7 Å². The van der Waals surface area contributed by atoms with Crippen LogP contribution in [0.4, 0.5) is 5.82 Å². The van der Waals surface area contributed by atoms with Crippen molar-refractivity contribution in [2.24, 2.45) is 0 Å². The van der Waals surface area contributed by atoms with Crippen molar-refractivity contribution in [2.75, 3.05) is 11.9 Å². The molecule has 0 spiro atoms. The van der Waals surface area contributed by atoms with Gasteiger partial charge >= 0.3 is 0 Å². The van der Waals surface area contributed by atoms with Gasteiger partial charge in [-0.15, -0.1) is 0 Å². The van der Waals surface area contributed by atoms with Gasteiger partial charge in [0.2, 0.25) is 0 Å². The molecule has 6 heteroatoms. The molecule has 0 radical (unpaired) electrons. The summed E-state index contributed by atoms with van der Waals surface area (Å²) < 4.78 is 1.84. The molecule has 1 aliphatic heterocycles. The Morgan fingerprint density at radius 2 is 1.91 bits per heavy atom. The quantitative estimate of drug-likeness (QED) is 0.765. The number of nitrogens with one attached hydrogen (secondary N) is 1. The third kappa shape index (κ3) is 2.07. The van der Waals surface area contributed by atoms with Crippen molar-refractivity contribution < 1.29 is 0 Å². The average molecular weight is 331 g/mol. The van der Waals surface area contributed by atoms with Crippen LogP contribution >= 0.6 is 23.2 Å². The molecule has 0 saturated carbocycles. The lowest BCUT2D eigenvalue weighted by atomic mass is 10.1. The lowest BCUT2D eigenvalue weighted by Gasteiger charge is -2.09. The van der Waals surface area contributed by atoms with E-state index >= 15 is 0 Å². The van der Waals surface area contributed by atoms with Gasteiger partial charge in [-0.1, -0.05) is 29.3 Å². The SMILES string of the molecule is Clc1cccc(-n2nc(-c3ccncc3)c3c2NCC3)c1Cl. The molecule has 0 fully saturated rings. The molecule has 0 bridgehead atoms. The molecule has 1 aliphatic rings. The van der Waals surface area contributed by atoms with Gasteiger partial charge < -0.3 is 5.32 Å². The Kier molecular flexibility index (Phi) is 3.28. The van der Waals surface area contributed by atoms with E-state index in [1.807, 2.05) is 28.9 Å². The number of hydrogen-bond acceptors (Lipinski definition) is 3. The van der Waals surface area contributed by atoms with Crippen LogP contribution in [0.25, 0.3) is 16.9 Å². The van der Waals surface area contributed by atoms with Crippen LogP contribution in [-0.4, -0.2) is 21.3 Å². The molecule has 0 aliphatic carbocycles. The number of hydrogen-bond donors (Lipinski definition) is 1. The summed E-state index contributed by atoms with van der Waals surface area (Å²) in [4.78, 5) is 4.07. The van der Waals surface area contributed by atoms with Crippen molar-refractivity contribution in [3.05, 3.63) is 58.3 Å². The number of halogens is 2. The molecule has 4 nitrogen and oxygen atoms in total. The largest absolute Gasteiger partial charge is 0.369 e. The predicted molar refractivity (Wildman–Crippen MR) is 89.0 cm³/mol. The second-order valence-electron chi connectivity index (χ2n) is 5.07. The summed E-state index contributed by atoms with van der Waals surface area (Å²) in [7, 11) is 0. The summed E-state index contributed by atoms with van der Waals surface area (Å²) in [6, 6.07) is 9.49. The smallest absolute Gasteiger partial charge is 0.133 e. The first-order chi connectivity index (χ1) is 10.8. The monoisotopic (exact) mass is 330 g/mol. The van der Waals surface area contributed by atoms with E-state index in [2.05, 4.69) is 10.3 Å². The Balaban J connectivity index is 1.94. The zero-order valence-corrected chi connectivity index (χ0v) is 13.1. The van der Waals surface area contributed by atoms with Crippen molar-refractivity contribution >= 4 is 29.0 Å². The number of pyridine rings is 1. The second kappa shape index (κ2) is 5.30. The lowest BCUT2D eigenvalue weighted by Crippen LogP contribution is -2.05. The standard InChI is InChI=1S/C16H12Cl2N4/c17-12-2-1-3-13(14(12)18)22-16-11(6-9-20-16)15(21-22)10-4-7-19-8-5-10/h1-5,7-8,20H,6,9H2. The average Bonchev–Trinajstić information content (AvgIpc) is 3.13. The van der Waals surface area contributed by atoms with Crippen LogP contribution in [0.2, 0.25) is 10.0 Å². The van der Waals surface area contributed by atoms with E-state index in [9.17, 15) is 0 Å². The number of aromatic nitrogens is 3. The molecule has 4 rings (SSSR count). The van der Waals surface area contributed by atoms with Gasteiger partial charge in [0, 0.05) is 30.1 Å². The summed E-state index contributed by atoms with van der Waals surface area (Å²) in [5.41, 5.74) is 3.98. The highest BCUT2D eigenvalue weighted by atomic mass is 35.5. The van der Waals surface area contributed by atoms with Gasteiger partial charge in [0.05, 0.1) is 21.4 Å². The third-order valence-corrected chi connectivity index (χ3v) is 4.57. The molecule has 0 saturated heterocycles. The fraction of sp³-hybridized carbons (Fsp3) is 0.125. The fourth-order valence-electron chi connectivity index (χ4n) is 2.75. The zero-order chi connectivity index (χ0) is 15.1. The second-order valence-corrected chi connectivity index (χ2v) is 5.86. The Morgan fingerprint density at radius 1 is 1.09 bits per heavy atom. The van der Waals surface area contributed by atoms with Gasteiger partial charge in [-0.2, -0.15) is 5.10 Å². The Bertz CT molecular complexity index is 843. The van der Waals surface area contributed by atoms with Crippen molar-refractivity contribution in [3.8, 4) is 16.9 Å². The summed E-state index contributed by atoms with van der Waals surface area (Å²) in [6.45, 7) is 0.892. The molecule has 1 aromatic carbocycles. The normalized spacial score (nSPS) is 13.0. The van der Waals surface area contributed by atoms with Crippen LogP contribution < -0.4 is 5.32 Å². The van der Waals surface area contributed by atoms with E-state index < -0.39 is 0 Å². The topological polar surface area (TPSA) is 42.7 Å². The summed E-state index contributed by atoms with van der Waals surface area (Å²) in [6.07, 6.45) is 4.48. The summed E-state index contributed by atoms with van der Waals surface area (Å²) in [5.74, 6) is 0.982. The molecule has 1 N–H and O–H groups in total. The Labute approximate surface area is 137 Å². The van der Waals surface area contributed by atoms with Gasteiger partial charge in [-0.05, 0) is 30.7 Å². The first-order valence-electron chi connectivity index (χ1n) is 6.96. The molecule has 110 valence electrons. The summed E-state index contributed by atoms with van der Waals surface area (Å²) in [5, 5.41) is 9.17. The molecule has 0 amide bonds. The minimum Gasteiger partial charge on any atom is -0.369 e. The van der Waals surface area contributed by atoms with E-state index in [0.29, 0.717) is 10.0 Å². The van der Waals surface area contributed by atoms with E-state index in [4.69, 9.17) is 28.3 Å². The maximum Gasteiger partial charge on any atom is 0.133 e. The zero-order valence-electron chi connectivity index (χ0n) is 11.6. The highest BCUT2D eigenvalue weighted by Gasteiger charge is 2.25. The van der Waals surface area contributed by atoms with Gasteiger partial charge in [0.25, 0.3) is 0 Å². The maximum absolute atomic E-state index is 6.35. The van der Waals surface area contributed by atoms with E-state index in [1.54, 1.807) is 18.5 Å². The van der Waals surface area contributed by atoms with E-state index in [0.717, 1.165) is 35.7 Å². The molecule has 2 aromatic heterocycles. The predicted octanol–water partition coefficient (Wildman–Crippen LogP) is 4.21. The van der Waals surface area contributed by atoms with Gasteiger partial charge in [0.15, 0.2) is 0 Å². The molecule has 3 aromatic rings. The molecule has 3 heterocycles. The van der Waals surface area contributed by atoms with Crippen molar-refractivity contribution in [1.29, 1.82) is 0 Å². The van der Waals surface area contributed by atoms with E-state index in [-0.39, 0.29) is 0 Å². The first kappa shape index (κ1) is 13.6. The number of anilines is 1. The highest BCUT2D eigenvalue weighted by molar-refractivity contribution is 6.43. The third-order valence-electron chi connectivity index (χ3n) is 3.76. The fourth-order valence-corrected chi connectivity index (χ4v) is 3.12. The Morgan fingerprint density at radius 3 is 2.73 bits per heavy atom. The number of fused-ring (bicyclic) bond motifs is 1. The molecular weight excluding hydrogens is 319 g/mol. The van der Waals surface area contributed by atoms with Gasteiger partial charge in [-0.3, -0.25) is 4.98 Å². The maximum atomic E-state index is 6.35. The van der Waals surface area contributed by atoms with Crippen LogP contribution in [0.1, 0.15) is 5.56 Å². The minimum absolute atomic E-state index is 0.504. The Hall–Kier alpha value is -2.04. The van der Waals surface area contributed by atoms with Crippen molar-refractivity contribution in [1.82, 2.24) is 14.8 Å². The molecule has 0 atom stereocenters. The highest BCUT2D eigenvalue weighted by Crippen LogP contribution is 2.37. The van der Waals surface area contributed by atoms with Crippen molar-refractivity contribution in [2.45, 2.75) is 6.42 Å². The van der Waals surface area contributed by atoms with Gasteiger partial charge in [0.1, 0.15) is 5.82 Å². The van der Waals surface area contributed by atoms with Crippen LogP contribution in [0, 0.1) is 0 Å². The lowest BCUT2D eigenvalue weighted by molar-refractivity contribution is 0.882. The van der Waals surface area contributed by atoms with Gasteiger partial charge in [-0.25, -0.2) is 4.68 Å². The van der Waals surface area contributed by atoms with E-state index in [1.165, 1.54) is 5.56 Å². The van der Waals surface area contributed by atoms with Crippen LogP contribution in [0.5, 0.6) is 0 Å². The van der Waals surface area contributed by atoms with Crippen molar-refractivity contribution in [3.63, 3.8) is 0 Å². The molecular formula is C16H12Cl2N4. The molecule has 22 heavy (non-hydrogen) atoms. The minimum atomic E-state index is 0.504. The number of nitrogens with zero attached hydrogens (tertiary/aromatic N) is 3. The van der Waals surface area contributed by atoms with Crippen LogP contribution in [0.3, 0.4) is 0 Å². The summed E-state index contributed by atoms with van der Waals surface area (Å²) >= 11 is 12.5. The first-order valence-corrected chi connectivity index (χ1v) is 7.72. The number of rotatable bonds is 2. The van der Waals surface area contributed by atoms with Crippen LogP contribution in [-0.2, 0) is 6.42 Å². The number of benzene rings is 1.